The van der Waals surface area contributed by atoms with Crippen LogP contribution in [0.2, 0.25) is 0 Å². The number of anilines is 2. The number of thiazole rings is 1. The summed E-state index contributed by atoms with van der Waals surface area (Å²) in [6.45, 7) is 5.99. The van der Waals surface area contributed by atoms with Crippen LogP contribution in [0.5, 0.6) is 0 Å². The molecule has 8 nitrogen and oxygen atoms in total. The van der Waals surface area contributed by atoms with Crippen molar-refractivity contribution in [3.63, 3.8) is 0 Å². The van der Waals surface area contributed by atoms with Crippen LogP contribution in [0, 0.1) is 5.92 Å². The molecule has 1 saturated carbocycles. The summed E-state index contributed by atoms with van der Waals surface area (Å²) in [5.74, 6) is 0.902. The summed E-state index contributed by atoms with van der Waals surface area (Å²) in [5, 5.41) is 8.37. The number of carbonyl (C=O) groups is 2. The Bertz CT molecular complexity index is 875. The molecule has 31 heavy (non-hydrogen) atoms. The van der Waals surface area contributed by atoms with Gasteiger partial charge in [-0.2, -0.15) is 0 Å². The maximum Gasteiger partial charge on any atom is 0.249 e. The molecule has 2 N–H and O–H groups in total. The molecule has 2 fully saturated rings. The van der Waals surface area contributed by atoms with Gasteiger partial charge in [-0.05, 0) is 30.9 Å². The first-order chi connectivity index (χ1) is 15.1. The lowest BCUT2D eigenvalue weighted by atomic mass is 9.97. The standard InChI is InChI=1S/C22H30N6O2S/c1-16(29)24-20(17-6-2-3-7-17)21(30)26-22-25-18(15-31-22)14-27-10-12-28(13-11-27)19-8-4-5-9-23-19/h4-5,8-9,15,17,20H,2-3,6-7,10-14H2,1H3,(H,24,29)(H,25,26,30). The van der Waals surface area contributed by atoms with Gasteiger partial charge in [-0.3, -0.25) is 14.5 Å². The number of hydrogen-bond donors (Lipinski definition) is 2. The number of amides is 2. The van der Waals surface area contributed by atoms with Crippen LogP contribution < -0.4 is 15.5 Å². The van der Waals surface area contributed by atoms with Gasteiger partial charge in [0.15, 0.2) is 5.13 Å². The molecular formula is C22H30N6O2S. The van der Waals surface area contributed by atoms with Gasteiger partial charge in [0.25, 0.3) is 0 Å². The predicted octanol–water partition coefficient (Wildman–Crippen LogP) is 2.49. The van der Waals surface area contributed by atoms with E-state index in [0.717, 1.165) is 69.9 Å². The molecule has 4 rings (SSSR count). The summed E-state index contributed by atoms with van der Waals surface area (Å²) < 4.78 is 0. The molecule has 0 radical (unpaired) electrons. The summed E-state index contributed by atoms with van der Waals surface area (Å²) in [6.07, 6.45) is 6.01. The molecule has 1 aliphatic carbocycles. The highest BCUT2D eigenvalue weighted by atomic mass is 32.1. The van der Waals surface area contributed by atoms with Crippen LogP contribution in [0.4, 0.5) is 10.9 Å². The third-order valence-corrected chi connectivity index (χ3v) is 6.83. The number of nitrogens with zero attached hydrogens (tertiary/aromatic N) is 4. The zero-order chi connectivity index (χ0) is 21.6. The molecule has 0 spiro atoms. The first kappa shape index (κ1) is 21.7. The highest BCUT2D eigenvalue weighted by Crippen LogP contribution is 2.29. The van der Waals surface area contributed by atoms with Gasteiger partial charge in [0.05, 0.1) is 5.69 Å². The van der Waals surface area contributed by atoms with Crippen molar-refractivity contribution < 1.29 is 9.59 Å². The Morgan fingerprint density at radius 1 is 1.19 bits per heavy atom. The molecule has 2 aromatic rings. The van der Waals surface area contributed by atoms with Crippen LogP contribution in [-0.2, 0) is 16.1 Å². The summed E-state index contributed by atoms with van der Waals surface area (Å²) in [6, 6.07) is 5.52. The van der Waals surface area contributed by atoms with Crippen molar-refractivity contribution in [3.8, 4) is 0 Å². The van der Waals surface area contributed by atoms with E-state index in [9.17, 15) is 9.59 Å². The Kier molecular flexibility index (Phi) is 7.14. The number of rotatable bonds is 7. The number of aromatic nitrogens is 2. The van der Waals surface area contributed by atoms with Crippen molar-refractivity contribution in [2.75, 3.05) is 36.4 Å². The van der Waals surface area contributed by atoms with Crippen molar-refractivity contribution in [1.82, 2.24) is 20.2 Å². The van der Waals surface area contributed by atoms with Crippen LogP contribution in [0.3, 0.4) is 0 Å². The molecule has 0 aromatic carbocycles. The maximum atomic E-state index is 12.8. The van der Waals surface area contributed by atoms with Gasteiger partial charge in [0.1, 0.15) is 11.9 Å². The number of carbonyl (C=O) groups excluding carboxylic acids is 2. The Morgan fingerprint density at radius 3 is 2.65 bits per heavy atom. The Hall–Kier alpha value is -2.52. The molecule has 166 valence electrons. The van der Waals surface area contributed by atoms with E-state index in [0.29, 0.717) is 5.13 Å². The van der Waals surface area contributed by atoms with Gasteiger partial charge in [-0.25, -0.2) is 9.97 Å². The van der Waals surface area contributed by atoms with E-state index in [1.54, 1.807) is 0 Å². The van der Waals surface area contributed by atoms with E-state index in [1.165, 1.54) is 18.3 Å². The fraction of sp³-hybridized carbons (Fsp3) is 0.545. The van der Waals surface area contributed by atoms with Crippen molar-refractivity contribution in [2.45, 2.75) is 45.2 Å². The third-order valence-electron chi connectivity index (χ3n) is 6.03. The minimum Gasteiger partial charge on any atom is -0.354 e. The zero-order valence-electron chi connectivity index (χ0n) is 17.9. The van der Waals surface area contributed by atoms with Crippen molar-refractivity contribution >= 4 is 34.1 Å². The molecule has 1 unspecified atom stereocenters. The minimum absolute atomic E-state index is 0.160. The quantitative estimate of drug-likeness (QED) is 0.685. The lowest BCUT2D eigenvalue weighted by Gasteiger charge is -2.35. The van der Waals surface area contributed by atoms with E-state index in [-0.39, 0.29) is 17.7 Å². The van der Waals surface area contributed by atoms with E-state index in [2.05, 4.69) is 30.4 Å². The number of hydrogen-bond acceptors (Lipinski definition) is 7. The van der Waals surface area contributed by atoms with Crippen molar-refractivity contribution in [2.24, 2.45) is 5.92 Å². The minimum atomic E-state index is -0.480. The molecule has 2 amide bonds. The Balaban J connectivity index is 1.29. The fourth-order valence-electron chi connectivity index (χ4n) is 4.43. The van der Waals surface area contributed by atoms with Gasteiger partial charge in [0.2, 0.25) is 11.8 Å². The Morgan fingerprint density at radius 2 is 1.97 bits per heavy atom. The van der Waals surface area contributed by atoms with Crippen molar-refractivity contribution in [1.29, 1.82) is 0 Å². The SMILES string of the molecule is CC(=O)NC(C(=O)Nc1nc(CN2CCN(c3ccccn3)CC2)cs1)C1CCCC1. The fourth-order valence-corrected chi connectivity index (χ4v) is 5.14. The molecule has 2 aliphatic rings. The Labute approximate surface area is 187 Å². The van der Waals surface area contributed by atoms with Crippen molar-refractivity contribution in [3.05, 3.63) is 35.5 Å². The highest BCUT2D eigenvalue weighted by molar-refractivity contribution is 7.13. The van der Waals surface area contributed by atoms with Crippen LogP contribution in [0.15, 0.2) is 29.8 Å². The van der Waals surface area contributed by atoms with Crippen LogP contribution in [-0.4, -0.2) is 58.9 Å². The summed E-state index contributed by atoms with van der Waals surface area (Å²) >= 11 is 1.44. The molecule has 1 aliphatic heterocycles. The summed E-state index contributed by atoms with van der Waals surface area (Å²) in [7, 11) is 0. The van der Waals surface area contributed by atoms with Gasteiger partial charge in [-0.15, -0.1) is 11.3 Å². The van der Waals surface area contributed by atoms with Gasteiger partial charge in [0, 0.05) is 51.2 Å². The average molecular weight is 443 g/mol. The van der Waals surface area contributed by atoms with Gasteiger partial charge >= 0.3 is 0 Å². The molecule has 3 heterocycles. The van der Waals surface area contributed by atoms with Gasteiger partial charge < -0.3 is 15.5 Å². The summed E-state index contributed by atoms with van der Waals surface area (Å²) in [5.41, 5.74) is 0.962. The second-order valence-corrected chi connectivity index (χ2v) is 9.17. The number of pyridine rings is 1. The van der Waals surface area contributed by atoms with E-state index < -0.39 is 6.04 Å². The molecule has 1 saturated heterocycles. The van der Waals surface area contributed by atoms with Crippen LogP contribution >= 0.6 is 11.3 Å². The average Bonchev–Trinajstić information content (AvgIpc) is 3.45. The largest absolute Gasteiger partial charge is 0.354 e. The van der Waals surface area contributed by atoms with E-state index in [1.807, 2.05) is 29.8 Å². The van der Waals surface area contributed by atoms with E-state index >= 15 is 0 Å². The lowest BCUT2D eigenvalue weighted by Crippen LogP contribution is -2.47. The predicted molar refractivity (Wildman–Crippen MR) is 122 cm³/mol. The molecule has 2 aromatic heterocycles. The number of piperazine rings is 1. The smallest absolute Gasteiger partial charge is 0.249 e. The first-order valence-corrected chi connectivity index (χ1v) is 11.9. The molecule has 1 atom stereocenters. The second-order valence-electron chi connectivity index (χ2n) is 8.31. The normalized spacial score (nSPS) is 18.7. The number of nitrogens with one attached hydrogen (secondary N) is 2. The zero-order valence-corrected chi connectivity index (χ0v) is 18.7. The van der Waals surface area contributed by atoms with E-state index in [4.69, 9.17) is 0 Å². The van der Waals surface area contributed by atoms with Gasteiger partial charge in [-0.1, -0.05) is 18.9 Å². The third kappa shape index (κ3) is 5.80. The monoisotopic (exact) mass is 442 g/mol. The molecule has 9 heteroatoms. The molecule has 0 bridgehead atoms. The van der Waals surface area contributed by atoms with Crippen LogP contribution in [0.25, 0.3) is 0 Å². The maximum absolute atomic E-state index is 12.8. The highest BCUT2D eigenvalue weighted by Gasteiger charge is 2.31. The van der Waals surface area contributed by atoms with Crippen LogP contribution in [0.1, 0.15) is 38.3 Å². The topological polar surface area (TPSA) is 90.5 Å². The second kappa shape index (κ2) is 10.2. The summed E-state index contributed by atoms with van der Waals surface area (Å²) in [4.78, 5) is 38.1. The first-order valence-electron chi connectivity index (χ1n) is 11.0. The lowest BCUT2D eigenvalue weighted by molar-refractivity contribution is -0.126. The molecular weight excluding hydrogens is 412 g/mol.